The number of anilines is 1. The number of nitrogens with two attached hydrogens (primary N) is 1. The molecule has 7 heteroatoms. The van der Waals surface area contributed by atoms with E-state index in [0.717, 1.165) is 12.8 Å². The van der Waals surface area contributed by atoms with Crippen LogP contribution in [0.2, 0.25) is 0 Å². The summed E-state index contributed by atoms with van der Waals surface area (Å²) < 4.78 is 5.48. The Morgan fingerprint density at radius 3 is 2.95 bits per heavy atom. The molecule has 0 aromatic heterocycles. The van der Waals surface area contributed by atoms with E-state index >= 15 is 0 Å². The van der Waals surface area contributed by atoms with Gasteiger partial charge in [0, 0.05) is 18.4 Å². The number of rotatable bonds is 4. The summed E-state index contributed by atoms with van der Waals surface area (Å²) in [6, 6.07) is 3.75. The normalized spacial score (nSPS) is 19.6. The molecule has 0 radical (unpaired) electrons. The number of nitrogen functional groups attached to an aromatic ring is 1. The van der Waals surface area contributed by atoms with Crippen LogP contribution in [0.3, 0.4) is 0 Å². The molecular weight excluding hydrogens is 262 g/mol. The highest BCUT2D eigenvalue weighted by molar-refractivity contribution is 5.99. The number of hydrogen-bond donors (Lipinski definition) is 2. The third kappa shape index (κ3) is 3.05. The van der Waals surface area contributed by atoms with Crippen LogP contribution in [0, 0.1) is 10.1 Å². The van der Waals surface area contributed by atoms with Gasteiger partial charge in [-0.25, -0.2) is 0 Å². The molecule has 1 saturated heterocycles. The molecule has 108 valence electrons. The second-order valence-corrected chi connectivity index (χ2v) is 4.85. The van der Waals surface area contributed by atoms with Gasteiger partial charge in [0.25, 0.3) is 11.6 Å². The van der Waals surface area contributed by atoms with E-state index in [1.54, 1.807) is 0 Å². The highest BCUT2D eigenvalue weighted by Crippen LogP contribution is 2.22. The van der Waals surface area contributed by atoms with Crippen LogP contribution in [-0.2, 0) is 4.74 Å². The summed E-state index contributed by atoms with van der Waals surface area (Å²) in [5, 5.41) is 13.7. The van der Waals surface area contributed by atoms with Crippen molar-refractivity contribution in [3.8, 4) is 0 Å². The Morgan fingerprint density at radius 1 is 1.60 bits per heavy atom. The molecule has 7 nitrogen and oxygen atoms in total. The van der Waals surface area contributed by atoms with Crippen molar-refractivity contribution in [2.75, 3.05) is 12.3 Å². The summed E-state index contributed by atoms with van der Waals surface area (Å²) in [6.07, 6.45) is 1.79. The van der Waals surface area contributed by atoms with Gasteiger partial charge in [-0.15, -0.1) is 0 Å². The van der Waals surface area contributed by atoms with Crippen molar-refractivity contribution in [3.63, 3.8) is 0 Å². The van der Waals surface area contributed by atoms with Crippen molar-refractivity contribution in [3.05, 3.63) is 33.9 Å². The summed E-state index contributed by atoms with van der Waals surface area (Å²) >= 11 is 0. The fourth-order valence-corrected chi connectivity index (χ4v) is 2.27. The van der Waals surface area contributed by atoms with E-state index in [1.807, 2.05) is 6.92 Å². The number of hydrogen-bond acceptors (Lipinski definition) is 5. The summed E-state index contributed by atoms with van der Waals surface area (Å²) in [5.41, 5.74) is 5.62. The average Bonchev–Trinajstić information content (AvgIpc) is 2.92. The van der Waals surface area contributed by atoms with Crippen LogP contribution in [0.25, 0.3) is 0 Å². The van der Waals surface area contributed by atoms with Gasteiger partial charge in [-0.05, 0) is 31.9 Å². The molecule has 1 aromatic rings. The molecule has 0 saturated carbocycles. The highest BCUT2D eigenvalue weighted by atomic mass is 16.6. The first-order valence-corrected chi connectivity index (χ1v) is 6.45. The third-order valence-corrected chi connectivity index (χ3v) is 3.34. The number of nitrogens with one attached hydrogen (secondary N) is 1. The van der Waals surface area contributed by atoms with E-state index in [-0.39, 0.29) is 23.4 Å². The Bertz CT molecular complexity index is 526. The van der Waals surface area contributed by atoms with Crippen molar-refractivity contribution in [1.82, 2.24) is 5.32 Å². The van der Waals surface area contributed by atoms with Crippen LogP contribution in [0.1, 0.15) is 30.1 Å². The van der Waals surface area contributed by atoms with Gasteiger partial charge in [0.2, 0.25) is 0 Å². The Morgan fingerprint density at radius 2 is 2.35 bits per heavy atom. The maximum absolute atomic E-state index is 12.2. The van der Waals surface area contributed by atoms with Crippen LogP contribution in [-0.4, -0.2) is 29.6 Å². The minimum atomic E-state index is -0.592. The molecule has 1 aromatic carbocycles. The number of ether oxygens (including phenoxy) is 1. The molecule has 0 spiro atoms. The van der Waals surface area contributed by atoms with Gasteiger partial charge >= 0.3 is 0 Å². The summed E-state index contributed by atoms with van der Waals surface area (Å²) in [5.74, 6) is -0.507. The molecule has 2 rings (SSSR count). The fraction of sp³-hybridized carbons (Fsp3) is 0.462. The van der Waals surface area contributed by atoms with Gasteiger partial charge in [-0.3, -0.25) is 14.9 Å². The molecule has 20 heavy (non-hydrogen) atoms. The van der Waals surface area contributed by atoms with Gasteiger partial charge in [0.05, 0.1) is 17.1 Å². The van der Waals surface area contributed by atoms with E-state index < -0.39 is 10.8 Å². The Balaban J connectivity index is 2.15. The van der Waals surface area contributed by atoms with Crippen LogP contribution in [0.5, 0.6) is 0 Å². The van der Waals surface area contributed by atoms with E-state index in [2.05, 4.69) is 5.32 Å². The van der Waals surface area contributed by atoms with Crippen LogP contribution >= 0.6 is 0 Å². The van der Waals surface area contributed by atoms with Crippen LogP contribution in [0.15, 0.2) is 18.2 Å². The standard InChI is InChI=1S/C13H17N3O4/c1-8(12-3-2-6-20-12)15-13(17)10-7-9(14)4-5-11(10)16(18)19/h4-5,7-8,12H,2-3,6,14H2,1H3,(H,15,17). The molecule has 1 amide bonds. The predicted octanol–water partition coefficient (Wildman–Crippen LogP) is 1.47. The monoisotopic (exact) mass is 279 g/mol. The topological polar surface area (TPSA) is 107 Å². The molecule has 0 bridgehead atoms. The first-order chi connectivity index (χ1) is 9.49. The van der Waals surface area contributed by atoms with Gasteiger partial charge < -0.3 is 15.8 Å². The Labute approximate surface area is 116 Å². The zero-order chi connectivity index (χ0) is 14.7. The van der Waals surface area contributed by atoms with Crippen molar-refractivity contribution >= 4 is 17.3 Å². The zero-order valence-corrected chi connectivity index (χ0v) is 11.2. The number of carbonyl (C=O) groups is 1. The summed E-state index contributed by atoms with van der Waals surface area (Å²) in [7, 11) is 0. The first-order valence-electron chi connectivity index (χ1n) is 6.45. The second kappa shape index (κ2) is 5.87. The smallest absolute Gasteiger partial charge is 0.282 e. The minimum absolute atomic E-state index is 0.0279. The van der Waals surface area contributed by atoms with Crippen molar-refractivity contribution in [2.45, 2.75) is 31.9 Å². The lowest BCUT2D eigenvalue weighted by atomic mass is 10.1. The largest absolute Gasteiger partial charge is 0.399 e. The molecule has 3 N–H and O–H groups in total. The lowest BCUT2D eigenvalue weighted by Crippen LogP contribution is -2.41. The molecule has 1 heterocycles. The van der Waals surface area contributed by atoms with E-state index in [4.69, 9.17) is 10.5 Å². The fourth-order valence-electron chi connectivity index (χ4n) is 2.27. The summed E-state index contributed by atoms with van der Waals surface area (Å²) in [4.78, 5) is 22.5. The predicted molar refractivity (Wildman–Crippen MR) is 73.4 cm³/mol. The highest BCUT2D eigenvalue weighted by Gasteiger charge is 2.26. The quantitative estimate of drug-likeness (QED) is 0.493. The Kier molecular flexibility index (Phi) is 4.19. The lowest BCUT2D eigenvalue weighted by molar-refractivity contribution is -0.385. The SMILES string of the molecule is CC(NC(=O)c1cc(N)ccc1[N+](=O)[O-])C1CCCO1. The molecule has 2 atom stereocenters. The van der Waals surface area contributed by atoms with E-state index in [9.17, 15) is 14.9 Å². The van der Waals surface area contributed by atoms with E-state index in [0.29, 0.717) is 12.3 Å². The van der Waals surface area contributed by atoms with Gasteiger partial charge in [0.15, 0.2) is 0 Å². The maximum atomic E-state index is 12.2. The number of carbonyl (C=O) groups excluding carboxylic acids is 1. The molecule has 0 aliphatic carbocycles. The number of amides is 1. The lowest BCUT2D eigenvalue weighted by Gasteiger charge is -2.20. The number of nitrogens with zero attached hydrogens (tertiary/aromatic N) is 1. The molecule has 1 aliphatic heterocycles. The minimum Gasteiger partial charge on any atom is -0.399 e. The molecule has 2 unspecified atom stereocenters. The first kappa shape index (κ1) is 14.3. The number of nitro benzene ring substituents is 1. The molecule has 1 fully saturated rings. The van der Waals surface area contributed by atoms with Crippen molar-refractivity contribution < 1.29 is 14.5 Å². The summed E-state index contributed by atoms with van der Waals surface area (Å²) in [6.45, 7) is 2.51. The van der Waals surface area contributed by atoms with Crippen LogP contribution < -0.4 is 11.1 Å². The number of benzene rings is 1. The van der Waals surface area contributed by atoms with Crippen molar-refractivity contribution in [1.29, 1.82) is 0 Å². The van der Waals surface area contributed by atoms with Crippen molar-refractivity contribution in [2.24, 2.45) is 0 Å². The van der Waals surface area contributed by atoms with Gasteiger partial charge in [0.1, 0.15) is 5.56 Å². The number of nitro groups is 1. The maximum Gasteiger partial charge on any atom is 0.282 e. The zero-order valence-electron chi connectivity index (χ0n) is 11.2. The third-order valence-electron chi connectivity index (χ3n) is 3.34. The molecule has 1 aliphatic rings. The molecular formula is C13H17N3O4. The Hall–Kier alpha value is -2.15. The van der Waals surface area contributed by atoms with Gasteiger partial charge in [-0.1, -0.05) is 0 Å². The van der Waals surface area contributed by atoms with Crippen LogP contribution in [0.4, 0.5) is 11.4 Å². The average molecular weight is 279 g/mol. The van der Waals surface area contributed by atoms with Gasteiger partial charge in [-0.2, -0.15) is 0 Å². The van der Waals surface area contributed by atoms with E-state index in [1.165, 1.54) is 18.2 Å². The second-order valence-electron chi connectivity index (χ2n) is 4.85.